The van der Waals surface area contributed by atoms with Crippen LogP contribution in [0.5, 0.6) is 0 Å². The van der Waals surface area contributed by atoms with Crippen LogP contribution < -0.4 is 5.32 Å². The van der Waals surface area contributed by atoms with Gasteiger partial charge in [-0.15, -0.1) is 0 Å². The summed E-state index contributed by atoms with van der Waals surface area (Å²) in [5, 5.41) is 3.84. The number of hydrogen-bond donors (Lipinski definition) is 1. The largest absolute Gasteiger partial charge is 0.451 e. The molecule has 0 spiro atoms. The highest BCUT2D eigenvalue weighted by Gasteiger charge is 2.24. The molecule has 2 amide bonds. The highest BCUT2D eigenvalue weighted by molar-refractivity contribution is 9.10. The molecule has 0 aliphatic carbocycles. The van der Waals surface area contributed by atoms with Gasteiger partial charge in [-0.2, -0.15) is 0 Å². The second kappa shape index (κ2) is 6.35. The normalized spacial score (nSPS) is 16.1. The fourth-order valence-corrected chi connectivity index (χ4v) is 3.33. The molecule has 1 N–H and O–H groups in total. The molecule has 0 bridgehead atoms. The third-order valence-electron chi connectivity index (χ3n) is 4.15. The molecule has 1 atom stereocenters. The number of fused-ring (bicyclic) bond motifs is 1. The van der Waals surface area contributed by atoms with Crippen molar-refractivity contribution in [1.82, 2.24) is 10.2 Å². The SMILES string of the molecule is Cc1c(C(=O)NC(C)CN2CCCC2=O)oc2ccc(Br)cc12. The monoisotopic (exact) mass is 378 g/mol. The van der Waals surface area contributed by atoms with Crippen LogP contribution in [0.4, 0.5) is 0 Å². The molecule has 1 aromatic heterocycles. The van der Waals surface area contributed by atoms with E-state index in [1.54, 1.807) is 4.90 Å². The molecule has 3 rings (SSSR count). The number of halogens is 1. The predicted molar refractivity (Wildman–Crippen MR) is 91.4 cm³/mol. The minimum atomic E-state index is -0.242. The van der Waals surface area contributed by atoms with Gasteiger partial charge in [0.1, 0.15) is 5.58 Å². The van der Waals surface area contributed by atoms with Crippen molar-refractivity contribution < 1.29 is 14.0 Å². The van der Waals surface area contributed by atoms with Gasteiger partial charge in [0.2, 0.25) is 5.91 Å². The van der Waals surface area contributed by atoms with Crippen LogP contribution in [0, 0.1) is 6.92 Å². The number of rotatable bonds is 4. The van der Waals surface area contributed by atoms with Crippen molar-refractivity contribution in [2.24, 2.45) is 0 Å². The summed E-state index contributed by atoms with van der Waals surface area (Å²) >= 11 is 3.43. The maximum atomic E-state index is 12.5. The van der Waals surface area contributed by atoms with Crippen LogP contribution in [-0.2, 0) is 4.79 Å². The fraction of sp³-hybridized carbons (Fsp3) is 0.412. The summed E-state index contributed by atoms with van der Waals surface area (Å²) in [6.07, 6.45) is 1.51. The lowest BCUT2D eigenvalue weighted by Crippen LogP contribution is -2.42. The molecule has 2 aromatic rings. The highest BCUT2D eigenvalue weighted by Crippen LogP contribution is 2.28. The first kappa shape index (κ1) is 16.1. The van der Waals surface area contributed by atoms with E-state index in [2.05, 4.69) is 21.2 Å². The van der Waals surface area contributed by atoms with Crippen LogP contribution in [0.1, 0.15) is 35.9 Å². The Kier molecular flexibility index (Phi) is 4.43. The van der Waals surface area contributed by atoms with E-state index in [9.17, 15) is 9.59 Å². The first-order valence-corrected chi connectivity index (χ1v) is 8.52. The smallest absolute Gasteiger partial charge is 0.287 e. The first-order chi connectivity index (χ1) is 11.0. The Labute approximate surface area is 143 Å². The summed E-state index contributed by atoms with van der Waals surface area (Å²) in [4.78, 5) is 25.9. The van der Waals surface area contributed by atoms with E-state index >= 15 is 0 Å². The summed E-state index contributed by atoms with van der Waals surface area (Å²) in [7, 11) is 0. The zero-order valence-electron chi connectivity index (χ0n) is 13.2. The van der Waals surface area contributed by atoms with Crippen molar-refractivity contribution in [3.05, 3.63) is 34.0 Å². The molecule has 1 aliphatic rings. The lowest BCUT2D eigenvalue weighted by molar-refractivity contribution is -0.127. The summed E-state index contributed by atoms with van der Waals surface area (Å²) in [6.45, 7) is 5.09. The van der Waals surface area contributed by atoms with Crippen LogP contribution in [0.2, 0.25) is 0 Å². The Hall–Kier alpha value is -1.82. The maximum Gasteiger partial charge on any atom is 0.287 e. The van der Waals surface area contributed by atoms with E-state index in [-0.39, 0.29) is 17.9 Å². The molecule has 5 nitrogen and oxygen atoms in total. The van der Waals surface area contributed by atoms with E-state index in [4.69, 9.17) is 4.42 Å². The third-order valence-corrected chi connectivity index (χ3v) is 4.64. The highest BCUT2D eigenvalue weighted by atomic mass is 79.9. The molecule has 1 aliphatic heterocycles. The maximum absolute atomic E-state index is 12.5. The summed E-state index contributed by atoms with van der Waals surface area (Å²) < 4.78 is 6.64. The Balaban J connectivity index is 1.73. The molecule has 0 radical (unpaired) electrons. The summed E-state index contributed by atoms with van der Waals surface area (Å²) in [5.41, 5.74) is 1.52. The molecule has 1 fully saturated rings. The zero-order chi connectivity index (χ0) is 16.6. The van der Waals surface area contributed by atoms with Crippen molar-refractivity contribution in [3.63, 3.8) is 0 Å². The van der Waals surface area contributed by atoms with Crippen LogP contribution >= 0.6 is 15.9 Å². The van der Waals surface area contributed by atoms with Crippen LogP contribution in [-0.4, -0.2) is 35.8 Å². The number of likely N-dealkylation sites (tertiary alicyclic amines) is 1. The topological polar surface area (TPSA) is 62.6 Å². The van der Waals surface area contributed by atoms with Gasteiger partial charge in [-0.3, -0.25) is 9.59 Å². The van der Waals surface area contributed by atoms with Gasteiger partial charge in [-0.25, -0.2) is 0 Å². The quantitative estimate of drug-likeness (QED) is 0.887. The Morgan fingerprint density at radius 2 is 2.26 bits per heavy atom. The van der Waals surface area contributed by atoms with Crippen molar-refractivity contribution in [2.45, 2.75) is 32.7 Å². The van der Waals surface area contributed by atoms with Crippen molar-refractivity contribution in [2.75, 3.05) is 13.1 Å². The van der Waals surface area contributed by atoms with Gasteiger partial charge < -0.3 is 14.6 Å². The number of benzene rings is 1. The van der Waals surface area contributed by atoms with E-state index in [1.165, 1.54) is 0 Å². The van der Waals surface area contributed by atoms with Gasteiger partial charge >= 0.3 is 0 Å². The molecule has 122 valence electrons. The molecule has 23 heavy (non-hydrogen) atoms. The number of carbonyl (C=O) groups excluding carboxylic acids is 2. The molecule has 6 heteroatoms. The Morgan fingerprint density at radius 3 is 2.96 bits per heavy atom. The lowest BCUT2D eigenvalue weighted by Gasteiger charge is -2.21. The van der Waals surface area contributed by atoms with E-state index in [0.717, 1.165) is 28.4 Å². The van der Waals surface area contributed by atoms with Gasteiger partial charge in [0.15, 0.2) is 5.76 Å². The molecule has 0 saturated carbocycles. The minimum absolute atomic E-state index is 0.121. The second-order valence-corrected chi connectivity index (χ2v) is 6.93. The Morgan fingerprint density at radius 1 is 1.48 bits per heavy atom. The number of aryl methyl sites for hydroxylation is 1. The number of amides is 2. The zero-order valence-corrected chi connectivity index (χ0v) is 14.8. The van der Waals surface area contributed by atoms with Gasteiger partial charge in [-0.1, -0.05) is 15.9 Å². The number of nitrogens with zero attached hydrogens (tertiary/aromatic N) is 1. The van der Waals surface area contributed by atoms with Gasteiger partial charge in [0, 0.05) is 41.0 Å². The molecule has 2 heterocycles. The van der Waals surface area contributed by atoms with Crippen molar-refractivity contribution in [1.29, 1.82) is 0 Å². The van der Waals surface area contributed by atoms with Crippen LogP contribution in [0.15, 0.2) is 27.1 Å². The molecular formula is C17H19BrN2O3. The van der Waals surface area contributed by atoms with E-state index in [0.29, 0.717) is 24.3 Å². The average Bonchev–Trinajstić information content (AvgIpc) is 3.04. The number of carbonyl (C=O) groups is 2. The molecule has 1 unspecified atom stereocenters. The fourth-order valence-electron chi connectivity index (χ4n) is 2.97. The minimum Gasteiger partial charge on any atom is -0.451 e. The Bertz CT molecular complexity index is 769. The molecule has 1 aromatic carbocycles. The molecule has 1 saturated heterocycles. The van der Waals surface area contributed by atoms with Crippen LogP contribution in [0.3, 0.4) is 0 Å². The number of nitrogens with one attached hydrogen (secondary N) is 1. The third kappa shape index (κ3) is 3.27. The summed E-state index contributed by atoms with van der Waals surface area (Å²) in [6, 6.07) is 5.55. The second-order valence-electron chi connectivity index (χ2n) is 6.01. The summed E-state index contributed by atoms with van der Waals surface area (Å²) in [5.74, 6) is 0.252. The molecular weight excluding hydrogens is 360 g/mol. The number of hydrogen-bond acceptors (Lipinski definition) is 3. The first-order valence-electron chi connectivity index (χ1n) is 7.73. The van der Waals surface area contributed by atoms with E-state index < -0.39 is 0 Å². The van der Waals surface area contributed by atoms with E-state index in [1.807, 2.05) is 32.0 Å². The van der Waals surface area contributed by atoms with Crippen molar-refractivity contribution in [3.8, 4) is 0 Å². The standard InChI is InChI=1S/C17H19BrN2O3/c1-10(9-20-7-3-4-15(20)21)19-17(22)16-11(2)13-8-12(18)5-6-14(13)23-16/h5-6,8,10H,3-4,7,9H2,1-2H3,(H,19,22). The van der Waals surface area contributed by atoms with Gasteiger partial charge in [-0.05, 0) is 38.5 Å². The van der Waals surface area contributed by atoms with Crippen LogP contribution in [0.25, 0.3) is 11.0 Å². The van der Waals surface area contributed by atoms with Crippen molar-refractivity contribution >= 4 is 38.7 Å². The van der Waals surface area contributed by atoms with Gasteiger partial charge in [0.05, 0.1) is 0 Å². The average molecular weight is 379 g/mol. The predicted octanol–water partition coefficient (Wildman–Crippen LogP) is 3.24. The van der Waals surface area contributed by atoms with Gasteiger partial charge in [0.25, 0.3) is 5.91 Å². The lowest BCUT2D eigenvalue weighted by atomic mass is 10.1. The number of furan rings is 1.